The third-order valence-corrected chi connectivity index (χ3v) is 4.28. The van der Waals surface area contributed by atoms with Crippen LogP contribution in [-0.2, 0) is 11.2 Å². The van der Waals surface area contributed by atoms with Crippen molar-refractivity contribution in [1.82, 2.24) is 0 Å². The van der Waals surface area contributed by atoms with Crippen molar-refractivity contribution in [1.29, 1.82) is 0 Å². The van der Waals surface area contributed by atoms with E-state index in [2.05, 4.69) is 29.6 Å². The summed E-state index contributed by atoms with van der Waals surface area (Å²) >= 11 is 0. The Hall–Kier alpha value is -2.87. The van der Waals surface area contributed by atoms with Crippen molar-refractivity contribution in [2.24, 2.45) is 0 Å². The molecule has 0 saturated heterocycles. The number of carbonyl (C=O) groups excluding carboxylic acids is 1. The molecule has 0 aliphatic rings. The molecule has 1 N–H and O–H groups in total. The molecule has 3 aromatic carbocycles. The monoisotopic (exact) mass is 329 g/mol. The van der Waals surface area contributed by atoms with Gasteiger partial charge in [-0.05, 0) is 29.7 Å². The summed E-state index contributed by atoms with van der Waals surface area (Å²) < 4.78 is 0. The van der Waals surface area contributed by atoms with E-state index in [1.807, 2.05) is 66.7 Å². The van der Waals surface area contributed by atoms with Crippen molar-refractivity contribution < 1.29 is 4.79 Å². The topological polar surface area (TPSA) is 29.1 Å². The van der Waals surface area contributed by atoms with Gasteiger partial charge in [-0.3, -0.25) is 4.79 Å². The quantitative estimate of drug-likeness (QED) is 0.597. The van der Waals surface area contributed by atoms with Crippen LogP contribution in [-0.4, -0.2) is 5.78 Å². The molecule has 0 fully saturated rings. The lowest BCUT2D eigenvalue weighted by molar-refractivity contribution is -0.119. The average Bonchev–Trinajstić information content (AvgIpc) is 2.68. The highest BCUT2D eigenvalue weighted by atomic mass is 16.1. The van der Waals surface area contributed by atoms with Crippen LogP contribution in [0.5, 0.6) is 0 Å². The zero-order chi connectivity index (χ0) is 17.3. The van der Waals surface area contributed by atoms with Gasteiger partial charge in [0.2, 0.25) is 0 Å². The predicted molar refractivity (Wildman–Crippen MR) is 104 cm³/mol. The van der Waals surface area contributed by atoms with Gasteiger partial charge in [-0.15, -0.1) is 0 Å². The Balaban J connectivity index is 1.66. The summed E-state index contributed by atoms with van der Waals surface area (Å²) in [5, 5.41) is 3.50. The Bertz CT molecular complexity index is 769. The second-order valence-electron chi connectivity index (χ2n) is 6.20. The van der Waals surface area contributed by atoms with Gasteiger partial charge >= 0.3 is 0 Å². The van der Waals surface area contributed by atoms with Crippen LogP contribution < -0.4 is 5.32 Å². The molecule has 25 heavy (non-hydrogen) atoms. The van der Waals surface area contributed by atoms with Crippen molar-refractivity contribution in [3.63, 3.8) is 0 Å². The molecule has 3 aromatic rings. The zero-order valence-electron chi connectivity index (χ0n) is 14.3. The van der Waals surface area contributed by atoms with Crippen molar-refractivity contribution in [3.8, 4) is 0 Å². The van der Waals surface area contributed by atoms with Gasteiger partial charge in [-0.1, -0.05) is 78.9 Å². The highest BCUT2D eigenvalue weighted by molar-refractivity contribution is 5.80. The highest BCUT2D eigenvalue weighted by Gasteiger charge is 2.16. The number of rotatable bonds is 8. The number of carbonyl (C=O) groups is 1. The lowest BCUT2D eigenvalue weighted by atomic mass is 9.98. The van der Waals surface area contributed by atoms with E-state index in [4.69, 9.17) is 0 Å². The first-order valence-electron chi connectivity index (χ1n) is 8.73. The van der Waals surface area contributed by atoms with E-state index >= 15 is 0 Å². The molecule has 0 spiro atoms. The second kappa shape index (κ2) is 8.84. The fourth-order valence-corrected chi connectivity index (χ4v) is 2.93. The summed E-state index contributed by atoms with van der Waals surface area (Å²) in [6, 6.07) is 30.4. The lowest BCUT2D eigenvalue weighted by Gasteiger charge is -2.20. The van der Waals surface area contributed by atoms with Gasteiger partial charge < -0.3 is 5.32 Å². The van der Waals surface area contributed by atoms with Crippen LogP contribution in [0, 0.1) is 0 Å². The van der Waals surface area contributed by atoms with Crippen LogP contribution in [0.2, 0.25) is 0 Å². The van der Waals surface area contributed by atoms with E-state index in [0.29, 0.717) is 12.8 Å². The SMILES string of the molecule is O=C(CCc1ccccc1)CC(Nc1ccccc1)c1ccccc1. The maximum Gasteiger partial charge on any atom is 0.135 e. The third kappa shape index (κ3) is 5.32. The van der Waals surface area contributed by atoms with E-state index < -0.39 is 0 Å². The molecule has 0 saturated carbocycles. The van der Waals surface area contributed by atoms with Crippen molar-refractivity contribution >= 4 is 11.5 Å². The summed E-state index contributed by atoms with van der Waals surface area (Å²) in [5.74, 6) is 0.279. The van der Waals surface area contributed by atoms with Crippen molar-refractivity contribution in [3.05, 3.63) is 102 Å². The number of hydrogen-bond acceptors (Lipinski definition) is 2. The molecule has 1 atom stereocenters. The number of ketones is 1. The molecule has 126 valence electrons. The smallest absolute Gasteiger partial charge is 0.135 e. The Kier molecular flexibility index (Phi) is 6.00. The molecule has 0 aromatic heterocycles. The molecule has 0 bridgehead atoms. The van der Waals surface area contributed by atoms with Gasteiger partial charge in [-0.25, -0.2) is 0 Å². The van der Waals surface area contributed by atoms with Crippen LogP contribution in [0.25, 0.3) is 0 Å². The normalized spacial score (nSPS) is 11.7. The maximum absolute atomic E-state index is 12.6. The van der Waals surface area contributed by atoms with Gasteiger partial charge in [0.1, 0.15) is 5.78 Å². The average molecular weight is 329 g/mol. The largest absolute Gasteiger partial charge is 0.378 e. The minimum absolute atomic E-state index is 0.00752. The number of anilines is 1. The molecule has 2 heteroatoms. The number of Topliss-reactive ketones (excluding diaryl/α,β-unsaturated/α-hetero) is 1. The zero-order valence-corrected chi connectivity index (χ0v) is 14.3. The van der Waals surface area contributed by atoms with Crippen LogP contribution in [0.1, 0.15) is 30.0 Å². The van der Waals surface area contributed by atoms with E-state index in [-0.39, 0.29) is 11.8 Å². The van der Waals surface area contributed by atoms with Crippen LogP contribution in [0.4, 0.5) is 5.69 Å². The minimum atomic E-state index is -0.00752. The molecule has 0 aliphatic carbocycles. The van der Waals surface area contributed by atoms with Gasteiger partial charge in [0.15, 0.2) is 0 Å². The first-order chi connectivity index (χ1) is 12.3. The number of benzene rings is 3. The van der Waals surface area contributed by atoms with Gasteiger partial charge in [0.05, 0.1) is 6.04 Å². The molecule has 2 nitrogen and oxygen atoms in total. The highest BCUT2D eigenvalue weighted by Crippen LogP contribution is 2.23. The molecule has 3 rings (SSSR count). The first-order valence-corrected chi connectivity index (χ1v) is 8.73. The first kappa shape index (κ1) is 17.0. The second-order valence-corrected chi connectivity index (χ2v) is 6.20. The summed E-state index contributed by atoms with van der Waals surface area (Å²) in [5.41, 5.74) is 3.38. The molecule has 0 amide bonds. The van der Waals surface area contributed by atoms with Crippen LogP contribution in [0.3, 0.4) is 0 Å². The minimum Gasteiger partial charge on any atom is -0.378 e. The Labute approximate surface area is 149 Å². The third-order valence-electron chi connectivity index (χ3n) is 4.28. The standard InChI is InChI=1S/C23H23NO/c25-22(17-16-19-10-4-1-5-11-19)18-23(20-12-6-2-7-13-20)24-21-14-8-3-9-15-21/h1-15,23-24H,16-18H2. The Morgan fingerprint density at radius 3 is 1.96 bits per heavy atom. The van der Waals surface area contributed by atoms with E-state index in [0.717, 1.165) is 17.7 Å². The van der Waals surface area contributed by atoms with Crippen molar-refractivity contribution in [2.45, 2.75) is 25.3 Å². The Morgan fingerprint density at radius 1 is 0.760 bits per heavy atom. The van der Waals surface area contributed by atoms with E-state index in [1.54, 1.807) is 0 Å². The van der Waals surface area contributed by atoms with Crippen molar-refractivity contribution in [2.75, 3.05) is 5.32 Å². The fourth-order valence-electron chi connectivity index (χ4n) is 2.93. The van der Waals surface area contributed by atoms with Gasteiger partial charge in [0.25, 0.3) is 0 Å². The predicted octanol–water partition coefficient (Wildman–Crippen LogP) is 5.43. The van der Waals surface area contributed by atoms with Crippen LogP contribution in [0.15, 0.2) is 91.0 Å². The van der Waals surface area contributed by atoms with E-state index in [9.17, 15) is 4.79 Å². The summed E-state index contributed by atoms with van der Waals surface area (Å²) in [6.45, 7) is 0. The van der Waals surface area contributed by atoms with Gasteiger partial charge in [-0.2, -0.15) is 0 Å². The number of nitrogens with one attached hydrogen (secondary N) is 1. The molecule has 0 heterocycles. The maximum atomic E-state index is 12.6. The van der Waals surface area contributed by atoms with E-state index in [1.165, 1.54) is 5.56 Å². The molecule has 0 aliphatic heterocycles. The molecular formula is C23H23NO. The summed E-state index contributed by atoms with van der Waals surface area (Å²) in [7, 11) is 0. The molecule has 0 radical (unpaired) electrons. The van der Waals surface area contributed by atoms with Gasteiger partial charge in [0, 0.05) is 18.5 Å². The van der Waals surface area contributed by atoms with Crippen LogP contribution >= 0.6 is 0 Å². The summed E-state index contributed by atoms with van der Waals surface area (Å²) in [4.78, 5) is 12.6. The molecule has 1 unspecified atom stereocenters. The fraction of sp³-hybridized carbons (Fsp3) is 0.174. The summed E-state index contributed by atoms with van der Waals surface area (Å²) in [6.07, 6.45) is 1.86. The number of para-hydroxylation sites is 1. The number of hydrogen-bond donors (Lipinski definition) is 1. The Morgan fingerprint density at radius 2 is 1.32 bits per heavy atom. The number of aryl methyl sites for hydroxylation is 1. The lowest BCUT2D eigenvalue weighted by Crippen LogP contribution is -2.16. The molecular weight excluding hydrogens is 306 g/mol.